The van der Waals surface area contributed by atoms with E-state index in [-0.39, 0.29) is 0 Å². The quantitative estimate of drug-likeness (QED) is 0.794. The molecule has 3 aromatic heterocycles. The van der Waals surface area contributed by atoms with Crippen molar-refractivity contribution in [2.75, 3.05) is 13.7 Å². The topological polar surface area (TPSA) is 80.2 Å². The first-order valence-electron chi connectivity index (χ1n) is 8.35. The molecule has 1 fully saturated rings. The van der Waals surface area contributed by atoms with Crippen molar-refractivity contribution in [3.8, 4) is 22.9 Å². The van der Waals surface area contributed by atoms with E-state index in [0.29, 0.717) is 28.9 Å². The van der Waals surface area contributed by atoms with E-state index in [1.54, 1.807) is 17.8 Å². The van der Waals surface area contributed by atoms with Gasteiger partial charge in [-0.3, -0.25) is 4.68 Å². The van der Waals surface area contributed by atoms with Crippen molar-refractivity contribution in [3.05, 3.63) is 35.9 Å². The van der Waals surface area contributed by atoms with E-state index < -0.39 is 0 Å². The van der Waals surface area contributed by atoms with Crippen LogP contribution >= 0.6 is 0 Å². The molecule has 4 heterocycles. The van der Waals surface area contributed by atoms with Crippen molar-refractivity contribution in [1.82, 2.24) is 24.7 Å². The molecule has 0 spiro atoms. The Balaban J connectivity index is 1.80. The van der Waals surface area contributed by atoms with Crippen molar-refractivity contribution in [1.29, 1.82) is 5.26 Å². The third-order valence-corrected chi connectivity index (χ3v) is 4.95. The highest BCUT2D eigenvalue weighted by atomic mass is 16.5. The van der Waals surface area contributed by atoms with Crippen molar-refractivity contribution in [3.63, 3.8) is 0 Å². The van der Waals surface area contributed by atoms with Gasteiger partial charge in [0.25, 0.3) is 0 Å². The van der Waals surface area contributed by atoms with Gasteiger partial charge in [-0.25, -0.2) is 4.52 Å². The second-order valence-corrected chi connectivity index (χ2v) is 6.55. The second kappa shape index (κ2) is 5.90. The SMILES string of the molecule is COc1cc(-c2cnn([C@H]3CN[C@H](C)C3)c2C)cn2ncc(C#N)c12. The lowest BCUT2D eigenvalue weighted by atomic mass is 10.1. The van der Waals surface area contributed by atoms with Crippen LogP contribution in [0.15, 0.2) is 24.7 Å². The van der Waals surface area contributed by atoms with E-state index in [9.17, 15) is 5.26 Å². The fraction of sp³-hybridized carbons (Fsp3) is 0.389. The molecule has 0 aromatic carbocycles. The number of pyridine rings is 1. The normalized spacial score (nSPS) is 20.1. The smallest absolute Gasteiger partial charge is 0.146 e. The van der Waals surface area contributed by atoms with E-state index >= 15 is 0 Å². The van der Waals surface area contributed by atoms with Crippen LogP contribution in [0.2, 0.25) is 0 Å². The Morgan fingerprint density at radius 3 is 2.88 bits per heavy atom. The van der Waals surface area contributed by atoms with Crippen molar-refractivity contribution in [2.45, 2.75) is 32.4 Å². The standard InChI is InChI=1S/C18H20N6O/c1-11-4-15(8-20-11)24-12(2)16(9-22-24)13-5-17(25-3)18-14(6-19)7-21-23(18)10-13/h5,7,9-11,15,20H,4,8H2,1-3H3/t11-,15-/m1/s1. The lowest BCUT2D eigenvalue weighted by Gasteiger charge is -2.13. The molecule has 7 nitrogen and oxygen atoms in total. The molecular weight excluding hydrogens is 316 g/mol. The van der Waals surface area contributed by atoms with Crippen LogP contribution in [0.4, 0.5) is 0 Å². The maximum Gasteiger partial charge on any atom is 0.146 e. The highest BCUT2D eigenvalue weighted by Gasteiger charge is 2.25. The summed E-state index contributed by atoms with van der Waals surface area (Å²) in [6.45, 7) is 5.23. The molecule has 7 heteroatoms. The van der Waals surface area contributed by atoms with Gasteiger partial charge in [0.05, 0.1) is 25.5 Å². The van der Waals surface area contributed by atoms with Crippen LogP contribution in [0.5, 0.6) is 5.75 Å². The molecule has 2 atom stereocenters. The number of nitrogens with one attached hydrogen (secondary N) is 1. The molecule has 0 unspecified atom stereocenters. The lowest BCUT2D eigenvalue weighted by molar-refractivity contribution is 0.417. The molecule has 0 saturated carbocycles. The molecule has 0 aliphatic carbocycles. The minimum atomic E-state index is 0.379. The molecule has 1 N–H and O–H groups in total. The first kappa shape index (κ1) is 15.7. The van der Waals surface area contributed by atoms with E-state index in [1.165, 1.54) is 0 Å². The zero-order chi connectivity index (χ0) is 17.6. The average molecular weight is 336 g/mol. The number of aromatic nitrogens is 4. The summed E-state index contributed by atoms with van der Waals surface area (Å²) >= 11 is 0. The number of fused-ring (bicyclic) bond motifs is 1. The Morgan fingerprint density at radius 1 is 1.36 bits per heavy atom. The highest BCUT2D eigenvalue weighted by Crippen LogP contribution is 2.32. The number of hydrogen-bond acceptors (Lipinski definition) is 5. The lowest BCUT2D eigenvalue weighted by Crippen LogP contribution is -2.18. The van der Waals surface area contributed by atoms with E-state index in [0.717, 1.165) is 29.8 Å². The second-order valence-electron chi connectivity index (χ2n) is 6.55. The van der Waals surface area contributed by atoms with E-state index in [2.05, 4.69) is 40.1 Å². The maximum absolute atomic E-state index is 9.24. The number of hydrogen-bond donors (Lipinski definition) is 1. The monoisotopic (exact) mass is 336 g/mol. The summed E-state index contributed by atoms with van der Waals surface area (Å²) in [5.41, 5.74) is 4.33. The predicted octanol–water partition coefficient (Wildman–Crippen LogP) is 2.31. The van der Waals surface area contributed by atoms with Gasteiger partial charge in [0.2, 0.25) is 0 Å². The van der Waals surface area contributed by atoms with Gasteiger partial charge in [0.15, 0.2) is 0 Å². The van der Waals surface area contributed by atoms with Crippen molar-refractivity contribution < 1.29 is 4.74 Å². The summed E-state index contributed by atoms with van der Waals surface area (Å²) in [7, 11) is 1.61. The number of nitrogens with zero attached hydrogens (tertiary/aromatic N) is 5. The third-order valence-electron chi connectivity index (χ3n) is 4.95. The fourth-order valence-corrected chi connectivity index (χ4v) is 3.64. The minimum Gasteiger partial charge on any atom is -0.494 e. The number of methoxy groups -OCH3 is 1. The Labute approximate surface area is 145 Å². The van der Waals surface area contributed by atoms with Gasteiger partial charge in [-0.2, -0.15) is 15.5 Å². The molecule has 25 heavy (non-hydrogen) atoms. The summed E-state index contributed by atoms with van der Waals surface area (Å²) in [6, 6.07) is 4.99. The Hall–Kier alpha value is -2.85. The minimum absolute atomic E-state index is 0.379. The fourth-order valence-electron chi connectivity index (χ4n) is 3.64. The van der Waals surface area contributed by atoms with Crippen molar-refractivity contribution in [2.24, 2.45) is 0 Å². The van der Waals surface area contributed by atoms with Crippen LogP contribution in [-0.4, -0.2) is 39.1 Å². The third kappa shape index (κ3) is 2.46. The summed E-state index contributed by atoms with van der Waals surface area (Å²) in [6.07, 6.45) is 6.45. The molecular formula is C18H20N6O. The Bertz CT molecular complexity index is 980. The van der Waals surface area contributed by atoms with Crippen LogP contribution in [0.25, 0.3) is 16.6 Å². The molecule has 0 amide bonds. The number of rotatable bonds is 3. The van der Waals surface area contributed by atoms with Gasteiger partial charge in [-0.15, -0.1) is 0 Å². The number of nitriles is 1. The average Bonchev–Trinajstić information content (AvgIpc) is 3.31. The first-order valence-corrected chi connectivity index (χ1v) is 8.35. The van der Waals surface area contributed by atoms with Crippen LogP contribution in [0.3, 0.4) is 0 Å². The van der Waals surface area contributed by atoms with Crippen LogP contribution in [0.1, 0.15) is 30.6 Å². The maximum atomic E-state index is 9.24. The van der Waals surface area contributed by atoms with Gasteiger partial charge >= 0.3 is 0 Å². The number of ether oxygens (including phenoxy) is 1. The largest absolute Gasteiger partial charge is 0.494 e. The predicted molar refractivity (Wildman–Crippen MR) is 93.5 cm³/mol. The van der Waals surface area contributed by atoms with Gasteiger partial charge in [0, 0.05) is 35.6 Å². The molecule has 1 saturated heterocycles. The molecule has 3 aromatic rings. The molecule has 4 rings (SSSR count). The molecule has 0 bridgehead atoms. The summed E-state index contributed by atoms with van der Waals surface area (Å²) in [5, 5.41) is 21.6. The zero-order valence-electron chi connectivity index (χ0n) is 14.5. The first-order chi connectivity index (χ1) is 12.1. The van der Waals surface area contributed by atoms with Crippen LogP contribution in [0, 0.1) is 18.3 Å². The Morgan fingerprint density at radius 2 is 2.20 bits per heavy atom. The van der Waals surface area contributed by atoms with E-state index in [4.69, 9.17) is 4.74 Å². The summed E-state index contributed by atoms with van der Waals surface area (Å²) in [4.78, 5) is 0. The van der Waals surface area contributed by atoms with Gasteiger partial charge < -0.3 is 10.1 Å². The molecule has 128 valence electrons. The molecule has 0 radical (unpaired) electrons. The van der Waals surface area contributed by atoms with Crippen LogP contribution < -0.4 is 10.1 Å². The summed E-state index contributed by atoms with van der Waals surface area (Å²) < 4.78 is 9.30. The molecule has 1 aliphatic heterocycles. The highest BCUT2D eigenvalue weighted by molar-refractivity contribution is 5.75. The van der Waals surface area contributed by atoms with Crippen LogP contribution in [-0.2, 0) is 0 Å². The van der Waals surface area contributed by atoms with Crippen molar-refractivity contribution >= 4 is 5.52 Å². The van der Waals surface area contributed by atoms with Gasteiger partial charge in [-0.05, 0) is 26.3 Å². The van der Waals surface area contributed by atoms with Gasteiger partial charge in [-0.1, -0.05) is 0 Å². The summed E-state index contributed by atoms with van der Waals surface area (Å²) in [5.74, 6) is 0.634. The Kier molecular flexibility index (Phi) is 3.70. The van der Waals surface area contributed by atoms with Gasteiger partial charge in [0.1, 0.15) is 22.9 Å². The molecule has 1 aliphatic rings. The van der Waals surface area contributed by atoms with E-state index in [1.807, 2.05) is 18.5 Å². The zero-order valence-corrected chi connectivity index (χ0v) is 14.5.